The van der Waals surface area contributed by atoms with Crippen molar-refractivity contribution in [1.29, 1.82) is 5.26 Å². The van der Waals surface area contributed by atoms with E-state index in [1.54, 1.807) is 35.2 Å². The first-order valence-corrected chi connectivity index (χ1v) is 7.80. The molecule has 6 heteroatoms. The van der Waals surface area contributed by atoms with Gasteiger partial charge in [0.25, 0.3) is 5.91 Å². The fourth-order valence-corrected chi connectivity index (χ4v) is 2.86. The van der Waals surface area contributed by atoms with Gasteiger partial charge in [0.05, 0.1) is 29.4 Å². The van der Waals surface area contributed by atoms with Crippen molar-refractivity contribution < 1.29 is 14.0 Å². The van der Waals surface area contributed by atoms with Crippen molar-refractivity contribution in [1.82, 2.24) is 4.90 Å². The van der Waals surface area contributed by atoms with Gasteiger partial charge in [-0.05, 0) is 37.1 Å². The van der Waals surface area contributed by atoms with E-state index in [1.807, 2.05) is 6.07 Å². The number of likely N-dealkylation sites (tertiary alicyclic amines) is 1. The molecule has 1 saturated heterocycles. The third-order valence-electron chi connectivity index (χ3n) is 4.11. The summed E-state index contributed by atoms with van der Waals surface area (Å²) in [6.07, 6.45) is 4.39. The van der Waals surface area contributed by atoms with Crippen LogP contribution in [0.3, 0.4) is 0 Å². The van der Waals surface area contributed by atoms with Crippen molar-refractivity contribution in [3.63, 3.8) is 0 Å². The molecule has 1 aliphatic rings. The number of nitrogens with zero attached hydrogens (tertiary/aromatic N) is 2. The number of furan rings is 1. The molecule has 1 fully saturated rings. The smallest absolute Gasteiger partial charge is 0.257 e. The largest absolute Gasteiger partial charge is 0.472 e. The average molecular weight is 323 g/mol. The molecule has 2 aromatic rings. The van der Waals surface area contributed by atoms with E-state index in [-0.39, 0.29) is 17.7 Å². The summed E-state index contributed by atoms with van der Waals surface area (Å²) in [6.45, 7) is 1.02. The highest BCUT2D eigenvalue weighted by Gasteiger charge is 2.29. The third-order valence-corrected chi connectivity index (χ3v) is 4.11. The van der Waals surface area contributed by atoms with Gasteiger partial charge in [-0.15, -0.1) is 0 Å². The molecule has 0 aliphatic carbocycles. The molecule has 1 aliphatic heterocycles. The minimum absolute atomic E-state index is 0.118. The summed E-state index contributed by atoms with van der Waals surface area (Å²) in [4.78, 5) is 26.5. The highest BCUT2D eigenvalue weighted by atomic mass is 16.3. The minimum Gasteiger partial charge on any atom is -0.472 e. The number of nitrogens with one attached hydrogen (secondary N) is 1. The van der Waals surface area contributed by atoms with Gasteiger partial charge in [-0.25, -0.2) is 0 Å². The molecule has 6 nitrogen and oxygen atoms in total. The highest BCUT2D eigenvalue weighted by molar-refractivity contribution is 5.96. The summed E-state index contributed by atoms with van der Waals surface area (Å²) in [5, 5.41) is 11.8. The van der Waals surface area contributed by atoms with Crippen LogP contribution in [0.25, 0.3) is 0 Å². The van der Waals surface area contributed by atoms with Crippen molar-refractivity contribution in [3.05, 3.63) is 54.0 Å². The maximum Gasteiger partial charge on any atom is 0.257 e. The van der Waals surface area contributed by atoms with E-state index in [2.05, 4.69) is 5.32 Å². The van der Waals surface area contributed by atoms with Gasteiger partial charge in [-0.3, -0.25) is 9.59 Å². The van der Waals surface area contributed by atoms with Crippen LogP contribution in [0.15, 0.2) is 47.3 Å². The maximum absolute atomic E-state index is 12.5. The van der Waals surface area contributed by atoms with E-state index in [9.17, 15) is 9.59 Å². The molecule has 0 bridgehead atoms. The molecule has 1 atom stereocenters. The Kier molecular flexibility index (Phi) is 4.62. The van der Waals surface area contributed by atoms with Crippen LogP contribution in [0.2, 0.25) is 0 Å². The molecule has 0 spiro atoms. The van der Waals surface area contributed by atoms with Crippen molar-refractivity contribution >= 4 is 17.5 Å². The normalized spacial score (nSPS) is 17.1. The number of anilines is 1. The Morgan fingerprint density at radius 1 is 1.33 bits per heavy atom. The zero-order valence-corrected chi connectivity index (χ0v) is 13.1. The zero-order chi connectivity index (χ0) is 16.9. The molecule has 122 valence electrons. The molecule has 24 heavy (non-hydrogen) atoms. The Morgan fingerprint density at radius 3 is 2.96 bits per heavy atom. The summed E-state index contributed by atoms with van der Waals surface area (Å²) in [5.41, 5.74) is 1.59. The summed E-state index contributed by atoms with van der Waals surface area (Å²) < 4.78 is 4.95. The lowest BCUT2D eigenvalue weighted by atomic mass is 9.96. The Labute approximate surface area is 139 Å². The van der Waals surface area contributed by atoms with Crippen LogP contribution in [0.5, 0.6) is 0 Å². The number of amides is 2. The van der Waals surface area contributed by atoms with Gasteiger partial charge in [0.2, 0.25) is 5.91 Å². The molecule has 1 aromatic carbocycles. The lowest BCUT2D eigenvalue weighted by molar-refractivity contribution is -0.121. The molecule has 2 amide bonds. The van der Waals surface area contributed by atoms with E-state index in [1.165, 1.54) is 12.5 Å². The van der Waals surface area contributed by atoms with Gasteiger partial charge >= 0.3 is 0 Å². The molecular weight excluding hydrogens is 306 g/mol. The van der Waals surface area contributed by atoms with Gasteiger partial charge in [0.1, 0.15) is 6.26 Å². The van der Waals surface area contributed by atoms with E-state index < -0.39 is 0 Å². The van der Waals surface area contributed by atoms with Crippen LogP contribution in [0.1, 0.15) is 28.8 Å². The summed E-state index contributed by atoms with van der Waals surface area (Å²) in [5.74, 6) is -0.511. The predicted octanol–water partition coefficient (Wildman–Crippen LogP) is 2.64. The van der Waals surface area contributed by atoms with Gasteiger partial charge in [0.15, 0.2) is 0 Å². The predicted molar refractivity (Wildman–Crippen MR) is 87.1 cm³/mol. The van der Waals surface area contributed by atoms with Crippen molar-refractivity contribution in [2.75, 3.05) is 18.4 Å². The number of carbonyl (C=O) groups excluding carboxylic acids is 2. The van der Waals surface area contributed by atoms with Gasteiger partial charge in [-0.2, -0.15) is 5.26 Å². The SMILES string of the molecule is N#Cc1cccc(NC(=O)C2CCCN(C(=O)c3ccoc3)C2)c1. The first-order chi connectivity index (χ1) is 11.7. The van der Waals surface area contributed by atoms with Crippen LogP contribution < -0.4 is 5.32 Å². The fraction of sp³-hybridized carbons (Fsp3) is 0.278. The van der Waals surface area contributed by atoms with Crippen molar-refractivity contribution in [2.24, 2.45) is 5.92 Å². The molecule has 3 rings (SSSR count). The van der Waals surface area contributed by atoms with Crippen molar-refractivity contribution in [2.45, 2.75) is 12.8 Å². The van der Waals surface area contributed by atoms with Crippen LogP contribution in [-0.2, 0) is 4.79 Å². The number of carbonyl (C=O) groups is 2. The fourth-order valence-electron chi connectivity index (χ4n) is 2.86. The monoisotopic (exact) mass is 323 g/mol. The summed E-state index contributed by atoms with van der Waals surface area (Å²) in [6, 6.07) is 10.5. The molecule has 2 heterocycles. The van der Waals surface area contributed by atoms with Crippen LogP contribution in [0.4, 0.5) is 5.69 Å². The Hall–Kier alpha value is -3.07. The van der Waals surface area contributed by atoms with Crippen LogP contribution in [0, 0.1) is 17.2 Å². The topological polar surface area (TPSA) is 86.3 Å². The van der Waals surface area contributed by atoms with Gasteiger partial charge in [0, 0.05) is 18.8 Å². The molecule has 1 aromatic heterocycles. The van der Waals surface area contributed by atoms with Gasteiger partial charge < -0.3 is 14.6 Å². The number of rotatable bonds is 3. The molecule has 0 radical (unpaired) electrons. The maximum atomic E-state index is 12.5. The standard InChI is InChI=1S/C18H17N3O3/c19-10-13-3-1-5-16(9-13)20-17(22)14-4-2-7-21(11-14)18(23)15-6-8-24-12-15/h1,3,5-6,8-9,12,14H,2,4,7,11H2,(H,20,22). The summed E-state index contributed by atoms with van der Waals surface area (Å²) in [7, 11) is 0. The zero-order valence-electron chi connectivity index (χ0n) is 13.1. The number of hydrogen-bond donors (Lipinski definition) is 1. The molecule has 1 unspecified atom stereocenters. The first kappa shape index (κ1) is 15.8. The van der Waals surface area contributed by atoms with Crippen LogP contribution >= 0.6 is 0 Å². The van der Waals surface area contributed by atoms with Gasteiger partial charge in [-0.1, -0.05) is 6.07 Å². The Bertz CT molecular complexity index is 777. The van der Waals surface area contributed by atoms with E-state index in [0.29, 0.717) is 29.9 Å². The lowest BCUT2D eigenvalue weighted by Gasteiger charge is -2.31. The second-order valence-corrected chi connectivity index (χ2v) is 5.78. The second kappa shape index (κ2) is 7.01. The van der Waals surface area contributed by atoms with Crippen LogP contribution in [-0.4, -0.2) is 29.8 Å². The molecule has 1 N–H and O–H groups in total. The first-order valence-electron chi connectivity index (χ1n) is 7.80. The van der Waals surface area contributed by atoms with E-state index >= 15 is 0 Å². The quantitative estimate of drug-likeness (QED) is 0.940. The molecule has 0 saturated carbocycles. The van der Waals surface area contributed by atoms with E-state index in [0.717, 1.165) is 12.8 Å². The lowest BCUT2D eigenvalue weighted by Crippen LogP contribution is -2.43. The Balaban J connectivity index is 1.64. The van der Waals surface area contributed by atoms with Crippen molar-refractivity contribution in [3.8, 4) is 6.07 Å². The number of nitriles is 1. The Morgan fingerprint density at radius 2 is 2.21 bits per heavy atom. The number of hydrogen-bond acceptors (Lipinski definition) is 4. The average Bonchev–Trinajstić information content (AvgIpc) is 3.16. The van der Waals surface area contributed by atoms with E-state index in [4.69, 9.17) is 9.68 Å². The highest BCUT2D eigenvalue weighted by Crippen LogP contribution is 2.21. The third kappa shape index (κ3) is 3.46. The number of benzene rings is 1. The minimum atomic E-state index is -0.264. The molecular formula is C18H17N3O3. The number of piperidine rings is 1. The second-order valence-electron chi connectivity index (χ2n) is 5.78. The summed E-state index contributed by atoms with van der Waals surface area (Å²) >= 11 is 0.